The van der Waals surface area contributed by atoms with Gasteiger partial charge in [0.2, 0.25) is 0 Å². The SMILES string of the molecule is CCC(C)c1ccccc1NC(=O)C(C)OC(=O)c1csc(NCc2ccccc2)n1. The molecule has 0 spiro atoms. The van der Waals surface area contributed by atoms with Gasteiger partial charge < -0.3 is 15.4 Å². The molecular weight excluding hydrogens is 410 g/mol. The first-order valence-corrected chi connectivity index (χ1v) is 11.2. The van der Waals surface area contributed by atoms with Gasteiger partial charge in [0.05, 0.1) is 0 Å². The van der Waals surface area contributed by atoms with Crippen LogP contribution in [0.2, 0.25) is 0 Å². The molecule has 0 bridgehead atoms. The average molecular weight is 438 g/mol. The highest BCUT2D eigenvalue weighted by atomic mass is 32.1. The van der Waals surface area contributed by atoms with E-state index < -0.39 is 12.1 Å². The van der Waals surface area contributed by atoms with Crippen molar-refractivity contribution in [3.05, 3.63) is 76.8 Å². The first-order chi connectivity index (χ1) is 15.0. The van der Waals surface area contributed by atoms with Crippen LogP contribution < -0.4 is 10.6 Å². The minimum absolute atomic E-state index is 0.181. The number of carbonyl (C=O) groups excluding carboxylic acids is 2. The standard InChI is InChI=1S/C24H27N3O3S/c1-4-16(2)19-12-8-9-13-20(19)26-22(28)17(3)30-23(29)21-15-31-24(27-21)25-14-18-10-6-5-7-11-18/h5-13,15-17H,4,14H2,1-3H3,(H,25,27)(H,26,28). The number of nitrogens with one attached hydrogen (secondary N) is 2. The topological polar surface area (TPSA) is 80.3 Å². The molecule has 1 amide bonds. The zero-order valence-corrected chi connectivity index (χ0v) is 18.7. The number of esters is 1. The van der Waals surface area contributed by atoms with Crippen LogP contribution >= 0.6 is 11.3 Å². The van der Waals surface area contributed by atoms with E-state index in [0.717, 1.165) is 23.2 Å². The molecule has 162 valence electrons. The van der Waals surface area contributed by atoms with Crippen LogP contribution in [0.4, 0.5) is 10.8 Å². The Kier molecular flexibility index (Phi) is 7.78. The van der Waals surface area contributed by atoms with Crippen molar-refractivity contribution < 1.29 is 14.3 Å². The van der Waals surface area contributed by atoms with Gasteiger partial charge in [-0.05, 0) is 36.5 Å². The summed E-state index contributed by atoms with van der Waals surface area (Å²) in [6, 6.07) is 17.6. The molecule has 2 aromatic carbocycles. The van der Waals surface area contributed by atoms with Crippen molar-refractivity contribution in [3.8, 4) is 0 Å². The number of thiazole rings is 1. The molecule has 0 saturated heterocycles. The molecule has 1 heterocycles. The van der Waals surface area contributed by atoms with Crippen LogP contribution in [0.1, 0.15) is 54.7 Å². The lowest BCUT2D eigenvalue weighted by atomic mass is 9.97. The monoisotopic (exact) mass is 437 g/mol. The van der Waals surface area contributed by atoms with Crippen molar-refractivity contribution in [1.29, 1.82) is 0 Å². The van der Waals surface area contributed by atoms with Gasteiger partial charge >= 0.3 is 5.97 Å². The van der Waals surface area contributed by atoms with Crippen molar-refractivity contribution >= 4 is 34.0 Å². The summed E-state index contributed by atoms with van der Waals surface area (Å²) in [6.45, 7) is 6.38. The normalized spacial score (nSPS) is 12.6. The zero-order chi connectivity index (χ0) is 22.2. The number of carbonyl (C=O) groups is 2. The third kappa shape index (κ3) is 6.15. The van der Waals surface area contributed by atoms with Crippen LogP contribution in [0.25, 0.3) is 0 Å². The van der Waals surface area contributed by atoms with Crippen molar-refractivity contribution in [1.82, 2.24) is 4.98 Å². The van der Waals surface area contributed by atoms with Crippen LogP contribution in [0.3, 0.4) is 0 Å². The lowest BCUT2D eigenvalue weighted by Crippen LogP contribution is -2.30. The van der Waals surface area contributed by atoms with Crippen LogP contribution in [0.15, 0.2) is 60.0 Å². The van der Waals surface area contributed by atoms with Crippen molar-refractivity contribution in [3.63, 3.8) is 0 Å². The highest BCUT2D eigenvalue weighted by Crippen LogP contribution is 2.26. The number of amides is 1. The van der Waals surface area contributed by atoms with Crippen LogP contribution in [0, 0.1) is 0 Å². The summed E-state index contributed by atoms with van der Waals surface area (Å²) in [5.41, 5.74) is 3.10. The highest BCUT2D eigenvalue weighted by Gasteiger charge is 2.22. The van der Waals surface area contributed by atoms with E-state index in [-0.39, 0.29) is 11.6 Å². The Balaban J connectivity index is 1.56. The number of hydrogen-bond donors (Lipinski definition) is 2. The van der Waals surface area contributed by atoms with E-state index in [2.05, 4.69) is 29.5 Å². The fraction of sp³-hybridized carbons (Fsp3) is 0.292. The Bertz CT molecular complexity index is 1020. The number of hydrogen-bond acceptors (Lipinski definition) is 6. The minimum Gasteiger partial charge on any atom is -0.448 e. The van der Waals surface area contributed by atoms with Gasteiger partial charge in [0.15, 0.2) is 16.9 Å². The van der Waals surface area contributed by atoms with Gasteiger partial charge in [-0.1, -0.05) is 62.4 Å². The van der Waals surface area contributed by atoms with Crippen LogP contribution in [0.5, 0.6) is 0 Å². The molecule has 2 N–H and O–H groups in total. The summed E-state index contributed by atoms with van der Waals surface area (Å²) in [6.07, 6.45) is 0.0157. The van der Waals surface area contributed by atoms with Gasteiger partial charge in [-0.3, -0.25) is 4.79 Å². The second-order valence-electron chi connectivity index (χ2n) is 7.31. The largest absolute Gasteiger partial charge is 0.448 e. The Hall–Kier alpha value is -3.19. The Labute approximate surface area is 186 Å². The second kappa shape index (κ2) is 10.7. The van der Waals surface area contributed by atoms with Gasteiger partial charge in [0.25, 0.3) is 5.91 Å². The smallest absolute Gasteiger partial charge is 0.358 e. The molecular formula is C24H27N3O3S. The van der Waals surface area contributed by atoms with Crippen molar-refractivity contribution in [2.45, 2.75) is 45.8 Å². The third-order valence-corrected chi connectivity index (χ3v) is 5.81. The molecule has 0 aliphatic carbocycles. The second-order valence-corrected chi connectivity index (χ2v) is 8.17. The van der Waals surface area contributed by atoms with E-state index in [0.29, 0.717) is 17.6 Å². The Morgan fingerprint density at radius 3 is 2.52 bits per heavy atom. The number of anilines is 2. The Morgan fingerprint density at radius 2 is 1.77 bits per heavy atom. The van der Waals surface area contributed by atoms with Gasteiger partial charge in [-0.15, -0.1) is 11.3 Å². The van der Waals surface area contributed by atoms with E-state index in [4.69, 9.17) is 4.74 Å². The average Bonchev–Trinajstić information content (AvgIpc) is 3.27. The number of para-hydroxylation sites is 1. The number of ether oxygens (including phenoxy) is 1. The summed E-state index contributed by atoms with van der Waals surface area (Å²) >= 11 is 1.32. The van der Waals surface area contributed by atoms with E-state index in [9.17, 15) is 9.59 Å². The summed E-state index contributed by atoms with van der Waals surface area (Å²) in [5, 5.41) is 8.31. The fourth-order valence-electron chi connectivity index (χ4n) is 2.99. The summed E-state index contributed by atoms with van der Waals surface area (Å²) in [7, 11) is 0. The zero-order valence-electron chi connectivity index (χ0n) is 17.9. The lowest BCUT2D eigenvalue weighted by Gasteiger charge is -2.18. The summed E-state index contributed by atoms with van der Waals surface area (Å²) in [4.78, 5) is 29.3. The summed E-state index contributed by atoms with van der Waals surface area (Å²) < 4.78 is 5.34. The molecule has 3 rings (SSSR count). The molecule has 0 radical (unpaired) electrons. The van der Waals surface area contributed by atoms with E-state index in [1.807, 2.05) is 54.6 Å². The van der Waals surface area contributed by atoms with E-state index in [1.54, 1.807) is 12.3 Å². The molecule has 1 aromatic heterocycles. The van der Waals surface area contributed by atoms with E-state index >= 15 is 0 Å². The predicted octanol–water partition coefficient (Wildman–Crippen LogP) is 5.45. The molecule has 0 fully saturated rings. The molecule has 0 aliphatic heterocycles. The molecule has 0 aliphatic rings. The molecule has 2 unspecified atom stereocenters. The maximum absolute atomic E-state index is 12.6. The molecule has 7 heteroatoms. The first kappa shape index (κ1) is 22.5. The van der Waals surface area contributed by atoms with Crippen molar-refractivity contribution in [2.24, 2.45) is 0 Å². The molecule has 3 aromatic rings. The maximum atomic E-state index is 12.6. The fourth-order valence-corrected chi connectivity index (χ4v) is 3.67. The molecule has 2 atom stereocenters. The third-order valence-electron chi connectivity index (χ3n) is 5.01. The molecule has 6 nitrogen and oxygen atoms in total. The molecule has 31 heavy (non-hydrogen) atoms. The number of nitrogens with zero attached hydrogens (tertiary/aromatic N) is 1. The van der Waals surface area contributed by atoms with Gasteiger partial charge in [-0.2, -0.15) is 0 Å². The minimum atomic E-state index is -0.945. The van der Waals surface area contributed by atoms with Crippen molar-refractivity contribution in [2.75, 3.05) is 10.6 Å². The lowest BCUT2D eigenvalue weighted by molar-refractivity contribution is -0.123. The van der Waals surface area contributed by atoms with Gasteiger partial charge in [0, 0.05) is 17.6 Å². The van der Waals surface area contributed by atoms with Crippen LogP contribution in [-0.4, -0.2) is 23.0 Å². The van der Waals surface area contributed by atoms with Crippen LogP contribution in [-0.2, 0) is 16.1 Å². The maximum Gasteiger partial charge on any atom is 0.358 e. The van der Waals surface area contributed by atoms with E-state index in [1.165, 1.54) is 11.3 Å². The quantitative estimate of drug-likeness (QED) is 0.435. The Morgan fingerprint density at radius 1 is 1.06 bits per heavy atom. The number of benzene rings is 2. The van der Waals surface area contributed by atoms with Gasteiger partial charge in [-0.25, -0.2) is 9.78 Å². The first-order valence-electron chi connectivity index (χ1n) is 10.3. The summed E-state index contributed by atoms with van der Waals surface area (Å²) in [5.74, 6) is -0.685. The molecule has 0 saturated carbocycles. The number of rotatable bonds is 9. The number of aromatic nitrogens is 1. The predicted molar refractivity (Wildman–Crippen MR) is 125 cm³/mol. The van der Waals surface area contributed by atoms with Gasteiger partial charge in [0.1, 0.15) is 0 Å². The highest BCUT2D eigenvalue weighted by molar-refractivity contribution is 7.13.